The summed E-state index contributed by atoms with van der Waals surface area (Å²) in [7, 11) is 0. The Kier molecular flexibility index (Phi) is 5.37. The second kappa shape index (κ2) is 6.31. The van der Waals surface area contributed by atoms with Crippen LogP contribution in [-0.4, -0.2) is 6.54 Å². The minimum Gasteiger partial charge on any atom is -0.310 e. The molecule has 3 heteroatoms. The molecule has 0 aliphatic carbocycles. The zero-order valence-electron chi connectivity index (χ0n) is 8.76. The lowest BCUT2D eigenvalue weighted by molar-refractivity contribution is 0.559. The fraction of sp³-hybridized carbons (Fsp3) is 0.333. The quantitative estimate of drug-likeness (QED) is 0.795. The number of rotatable bonds is 5. The maximum Gasteiger partial charge on any atom is 0.0551 e. The second-order valence-corrected chi connectivity index (χ2v) is 4.57. The van der Waals surface area contributed by atoms with E-state index in [0.717, 1.165) is 22.5 Å². The number of nitrogens with one attached hydrogen (secondary N) is 1. The van der Waals surface area contributed by atoms with E-state index in [9.17, 15) is 0 Å². The van der Waals surface area contributed by atoms with Crippen molar-refractivity contribution in [2.75, 3.05) is 6.54 Å². The molecule has 1 unspecified atom stereocenters. The van der Waals surface area contributed by atoms with Gasteiger partial charge in [-0.15, -0.1) is 6.58 Å². The van der Waals surface area contributed by atoms with Gasteiger partial charge in [0.2, 0.25) is 0 Å². The molecular formula is C12H15BrClN. The molecule has 0 radical (unpaired) electrons. The first-order chi connectivity index (χ1) is 7.19. The third-order valence-corrected chi connectivity index (χ3v) is 3.43. The topological polar surface area (TPSA) is 12.0 Å². The number of benzene rings is 1. The van der Waals surface area contributed by atoms with E-state index in [-0.39, 0.29) is 0 Å². The summed E-state index contributed by atoms with van der Waals surface area (Å²) in [6.07, 6.45) is 2.83. The van der Waals surface area contributed by atoms with Crippen molar-refractivity contribution in [3.8, 4) is 0 Å². The molecule has 0 aliphatic rings. The summed E-state index contributed by atoms with van der Waals surface area (Å²) in [5.41, 5.74) is 1.20. The zero-order valence-corrected chi connectivity index (χ0v) is 11.1. The standard InChI is InChI=1S/C12H15BrClN/c1-3-5-12(15-4-2)9-6-7-10(13)11(14)8-9/h3,6-8,12,15H,1,4-5H2,2H3. The molecule has 1 N–H and O–H groups in total. The van der Waals surface area contributed by atoms with Gasteiger partial charge in [-0.3, -0.25) is 0 Å². The highest BCUT2D eigenvalue weighted by Gasteiger charge is 2.09. The maximum absolute atomic E-state index is 6.06. The minimum absolute atomic E-state index is 0.304. The Balaban J connectivity index is 2.89. The van der Waals surface area contributed by atoms with E-state index >= 15 is 0 Å². The Morgan fingerprint density at radius 1 is 1.60 bits per heavy atom. The maximum atomic E-state index is 6.06. The Hall–Kier alpha value is -0.310. The van der Waals surface area contributed by atoms with Crippen LogP contribution in [0.2, 0.25) is 5.02 Å². The molecule has 0 saturated heterocycles. The summed E-state index contributed by atoms with van der Waals surface area (Å²) < 4.78 is 0.932. The molecule has 0 fully saturated rings. The average Bonchev–Trinajstić information content (AvgIpc) is 2.22. The number of halogens is 2. The molecule has 0 spiro atoms. The summed E-state index contributed by atoms with van der Waals surface area (Å²) in [5.74, 6) is 0. The van der Waals surface area contributed by atoms with Crippen molar-refractivity contribution < 1.29 is 0 Å². The van der Waals surface area contributed by atoms with E-state index in [1.807, 2.05) is 18.2 Å². The molecule has 0 bridgehead atoms. The van der Waals surface area contributed by atoms with Crippen LogP contribution in [0.15, 0.2) is 35.3 Å². The summed E-state index contributed by atoms with van der Waals surface area (Å²) in [4.78, 5) is 0. The van der Waals surface area contributed by atoms with Gasteiger partial charge in [-0.05, 0) is 46.6 Å². The van der Waals surface area contributed by atoms with Crippen molar-refractivity contribution in [3.05, 3.63) is 45.9 Å². The fourth-order valence-electron chi connectivity index (χ4n) is 1.48. The van der Waals surface area contributed by atoms with Gasteiger partial charge in [0.1, 0.15) is 0 Å². The van der Waals surface area contributed by atoms with Gasteiger partial charge >= 0.3 is 0 Å². The first-order valence-electron chi connectivity index (χ1n) is 4.98. The average molecular weight is 289 g/mol. The summed E-state index contributed by atoms with van der Waals surface area (Å²) in [5, 5.41) is 4.15. The van der Waals surface area contributed by atoms with Crippen LogP contribution in [0.5, 0.6) is 0 Å². The van der Waals surface area contributed by atoms with Gasteiger partial charge < -0.3 is 5.32 Å². The number of hydrogen-bond donors (Lipinski definition) is 1. The molecule has 82 valence electrons. The van der Waals surface area contributed by atoms with Gasteiger partial charge in [0.15, 0.2) is 0 Å². The highest BCUT2D eigenvalue weighted by molar-refractivity contribution is 9.10. The predicted molar refractivity (Wildman–Crippen MR) is 70.4 cm³/mol. The molecule has 1 rings (SSSR count). The molecule has 1 aromatic carbocycles. The van der Waals surface area contributed by atoms with E-state index in [0.29, 0.717) is 6.04 Å². The Morgan fingerprint density at radius 3 is 2.87 bits per heavy atom. The van der Waals surface area contributed by atoms with Gasteiger partial charge in [-0.2, -0.15) is 0 Å². The van der Waals surface area contributed by atoms with Gasteiger partial charge in [0.25, 0.3) is 0 Å². The fourth-order valence-corrected chi connectivity index (χ4v) is 1.92. The monoisotopic (exact) mass is 287 g/mol. The molecule has 0 heterocycles. The van der Waals surface area contributed by atoms with Crippen LogP contribution in [0, 0.1) is 0 Å². The molecule has 0 saturated carbocycles. The Morgan fingerprint density at radius 2 is 2.33 bits per heavy atom. The first-order valence-corrected chi connectivity index (χ1v) is 6.15. The third-order valence-electron chi connectivity index (χ3n) is 2.20. The van der Waals surface area contributed by atoms with Crippen molar-refractivity contribution in [2.24, 2.45) is 0 Å². The van der Waals surface area contributed by atoms with E-state index in [4.69, 9.17) is 11.6 Å². The molecule has 0 aromatic heterocycles. The van der Waals surface area contributed by atoms with Gasteiger partial charge in [-0.1, -0.05) is 30.7 Å². The van der Waals surface area contributed by atoms with E-state index in [2.05, 4.69) is 40.8 Å². The molecular weight excluding hydrogens is 273 g/mol. The Bertz CT molecular complexity index is 338. The van der Waals surface area contributed by atoms with Crippen molar-refractivity contribution in [2.45, 2.75) is 19.4 Å². The summed E-state index contributed by atoms with van der Waals surface area (Å²) in [6.45, 7) is 6.80. The SMILES string of the molecule is C=CCC(NCC)c1ccc(Br)c(Cl)c1. The minimum atomic E-state index is 0.304. The molecule has 1 nitrogen and oxygen atoms in total. The normalized spacial score (nSPS) is 12.5. The van der Waals surface area contributed by atoms with Crippen molar-refractivity contribution >= 4 is 27.5 Å². The van der Waals surface area contributed by atoms with Crippen LogP contribution < -0.4 is 5.32 Å². The first kappa shape index (κ1) is 12.8. The van der Waals surface area contributed by atoms with Gasteiger partial charge in [0, 0.05) is 10.5 Å². The van der Waals surface area contributed by atoms with E-state index in [1.165, 1.54) is 5.56 Å². The van der Waals surface area contributed by atoms with Crippen molar-refractivity contribution in [3.63, 3.8) is 0 Å². The van der Waals surface area contributed by atoms with E-state index < -0.39 is 0 Å². The van der Waals surface area contributed by atoms with Crippen molar-refractivity contribution in [1.82, 2.24) is 5.32 Å². The lowest BCUT2D eigenvalue weighted by atomic mass is 10.0. The predicted octanol–water partition coefficient (Wildman–Crippen LogP) is 4.33. The smallest absolute Gasteiger partial charge is 0.0551 e. The molecule has 1 aromatic rings. The molecule has 0 amide bonds. The van der Waals surface area contributed by atoms with Gasteiger partial charge in [0.05, 0.1) is 5.02 Å². The van der Waals surface area contributed by atoms with Crippen molar-refractivity contribution in [1.29, 1.82) is 0 Å². The molecule has 15 heavy (non-hydrogen) atoms. The summed E-state index contributed by atoms with van der Waals surface area (Å²) >= 11 is 9.44. The largest absolute Gasteiger partial charge is 0.310 e. The van der Waals surface area contributed by atoms with Crippen LogP contribution in [0.4, 0.5) is 0 Å². The Labute approximate surface area is 105 Å². The summed E-state index contributed by atoms with van der Waals surface area (Å²) in [6, 6.07) is 6.35. The second-order valence-electron chi connectivity index (χ2n) is 3.31. The van der Waals surface area contributed by atoms with Gasteiger partial charge in [-0.25, -0.2) is 0 Å². The zero-order chi connectivity index (χ0) is 11.3. The number of hydrogen-bond acceptors (Lipinski definition) is 1. The van der Waals surface area contributed by atoms with Crippen LogP contribution in [0.1, 0.15) is 24.9 Å². The van der Waals surface area contributed by atoms with Crippen LogP contribution in [0.25, 0.3) is 0 Å². The highest BCUT2D eigenvalue weighted by Crippen LogP contribution is 2.27. The van der Waals surface area contributed by atoms with Crippen LogP contribution in [-0.2, 0) is 0 Å². The van der Waals surface area contributed by atoms with Crippen LogP contribution >= 0.6 is 27.5 Å². The van der Waals surface area contributed by atoms with Crippen LogP contribution in [0.3, 0.4) is 0 Å². The molecule has 0 aliphatic heterocycles. The van der Waals surface area contributed by atoms with E-state index in [1.54, 1.807) is 0 Å². The lowest BCUT2D eigenvalue weighted by Crippen LogP contribution is -2.20. The lowest BCUT2D eigenvalue weighted by Gasteiger charge is -2.17. The highest BCUT2D eigenvalue weighted by atomic mass is 79.9. The molecule has 1 atom stereocenters. The third kappa shape index (κ3) is 3.63.